The van der Waals surface area contributed by atoms with Crippen molar-refractivity contribution in [2.24, 2.45) is 4.99 Å². The summed E-state index contributed by atoms with van der Waals surface area (Å²) in [7, 11) is 0. The number of amidine groups is 1. The summed E-state index contributed by atoms with van der Waals surface area (Å²) in [5, 5.41) is 3.14. The van der Waals surface area contributed by atoms with Gasteiger partial charge in [-0.25, -0.2) is 4.98 Å². The van der Waals surface area contributed by atoms with Crippen LogP contribution < -0.4 is 10.2 Å². The van der Waals surface area contributed by atoms with Gasteiger partial charge in [-0.1, -0.05) is 0 Å². The van der Waals surface area contributed by atoms with Crippen molar-refractivity contribution in [1.82, 2.24) is 9.97 Å². The molecule has 0 amide bonds. The lowest BCUT2D eigenvalue weighted by atomic mass is 10.1. The summed E-state index contributed by atoms with van der Waals surface area (Å²) in [5.41, 5.74) is 1.03. The zero-order valence-corrected chi connectivity index (χ0v) is 11.7. The molecule has 3 heterocycles. The Labute approximate surface area is 114 Å². The SMILES string of the molecule is CCNc1ncc2c(n1)N1CCCN=C1C(Br)=C2. The summed E-state index contributed by atoms with van der Waals surface area (Å²) in [4.78, 5) is 15.6. The Morgan fingerprint density at radius 1 is 1.50 bits per heavy atom. The molecule has 0 aromatic carbocycles. The maximum Gasteiger partial charge on any atom is 0.224 e. The summed E-state index contributed by atoms with van der Waals surface area (Å²) in [6, 6.07) is 0. The van der Waals surface area contributed by atoms with Crippen molar-refractivity contribution >= 4 is 39.6 Å². The maximum atomic E-state index is 4.58. The molecule has 1 aromatic heterocycles. The zero-order chi connectivity index (χ0) is 12.5. The van der Waals surface area contributed by atoms with Gasteiger partial charge in [-0.3, -0.25) is 4.99 Å². The van der Waals surface area contributed by atoms with Crippen LogP contribution in [-0.4, -0.2) is 35.4 Å². The van der Waals surface area contributed by atoms with Crippen LogP contribution in [0, 0.1) is 0 Å². The van der Waals surface area contributed by atoms with Gasteiger partial charge in [0.05, 0.1) is 4.48 Å². The smallest absolute Gasteiger partial charge is 0.224 e. The summed E-state index contributed by atoms with van der Waals surface area (Å²) < 4.78 is 1.01. The van der Waals surface area contributed by atoms with Gasteiger partial charge >= 0.3 is 0 Å². The molecular weight excluding hydrogens is 294 g/mol. The van der Waals surface area contributed by atoms with Gasteiger partial charge in [0.25, 0.3) is 0 Å². The Morgan fingerprint density at radius 2 is 2.39 bits per heavy atom. The van der Waals surface area contributed by atoms with Gasteiger partial charge in [0, 0.05) is 31.4 Å². The molecule has 5 nitrogen and oxygen atoms in total. The molecule has 0 atom stereocenters. The highest BCUT2D eigenvalue weighted by Gasteiger charge is 2.27. The van der Waals surface area contributed by atoms with E-state index in [-0.39, 0.29) is 0 Å². The van der Waals surface area contributed by atoms with Crippen molar-refractivity contribution in [3.8, 4) is 0 Å². The summed E-state index contributed by atoms with van der Waals surface area (Å²) in [5.74, 6) is 2.60. The molecule has 0 saturated heterocycles. The highest BCUT2D eigenvalue weighted by molar-refractivity contribution is 9.12. The second-order valence-corrected chi connectivity index (χ2v) is 5.06. The third-order valence-electron chi connectivity index (χ3n) is 2.94. The summed E-state index contributed by atoms with van der Waals surface area (Å²) in [6.45, 7) is 4.69. The van der Waals surface area contributed by atoms with Gasteiger partial charge in [0.15, 0.2) is 0 Å². The monoisotopic (exact) mass is 307 g/mol. The number of nitrogens with one attached hydrogen (secondary N) is 1. The number of fused-ring (bicyclic) bond motifs is 3. The number of rotatable bonds is 2. The van der Waals surface area contributed by atoms with Crippen molar-refractivity contribution in [2.45, 2.75) is 13.3 Å². The van der Waals surface area contributed by atoms with E-state index in [4.69, 9.17) is 0 Å². The fourth-order valence-corrected chi connectivity index (χ4v) is 2.75. The van der Waals surface area contributed by atoms with Crippen LogP contribution in [0.5, 0.6) is 0 Å². The van der Waals surface area contributed by atoms with E-state index in [0.717, 1.165) is 47.8 Å². The van der Waals surface area contributed by atoms with E-state index in [1.165, 1.54) is 0 Å². The van der Waals surface area contributed by atoms with Gasteiger partial charge in [-0.2, -0.15) is 4.98 Å². The Kier molecular flexibility index (Phi) is 3.03. The Hall–Kier alpha value is -1.43. The number of aliphatic imine (C=N–C) groups is 1. The Balaban J connectivity index is 2.08. The number of nitrogens with zero attached hydrogens (tertiary/aromatic N) is 4. The maximum absolute atomic E-state index is 4.58. The van der Waals surface area contributed by atoms with Crippen LogP contribution in [0.4, 0.5) is 11.8 Å². The summed E-state index contributed by atoms with van der Waals surface area (Å²) in [6.07, 6.45) is 4.95. The quantitative estimate of drug-likeness (QED) is 0.910. The number of aromatic nitrogens is 2. The standard InChI is InChI=1S/C12H14BrN5/c1-2-14-12-16-7-8-6-9(13)11-15-4-3-5-18(11)10(8)17-12/h6-7H,2-5H2,1H3,(H,14,16,17). The summed E-state index contributed by atoms with van der Waals surface area (Å²) >= 11 is 3.57. The molecule has 1 aromatic rings. The molecule has 1 N–H and O–H groups in total. The largest absolute Gasteiger partial charge is 0.354 e. The van der Waals surface area contributed by atoms with Gasteiger partial charge < -0.3 is 10.2 Å². The van der Waals surface area contributed by atoms with E-state index in [2.05, 4.69) is 41.1 Å². The second kappa shape index (κ2) is 4.68. The molecule has 18 heavy (non-hydrogen) atoms. The highest BCUT2D eigenvalue weighted by Crippen LogP contribution is 2.32. The normalized spacial score (nSPS) is 17.6. The third-order valence-corrected chi connectivity index (χ3v) is 3.52. The molecule has 0 radical (unpaired) electrons. The van der Waals surface area contributed by atoms with Crippen molar-refractivity contribution in [3.63, 3.8) is 0 Å². The van der Waals surface area contributed by atoms with E-state index in [1.807, 2.05) is 19.2 Å². The van der Waals surface area contributed by atoms with Gasteiger partial charge in [0.1, 0.15) is 11.7 Å². The van der Waals surface area contributed by atoms with Crippen LogP contribution in [0.3, 0.4) is 0 Å². The van der Waals surface area contributed by atoms with Crippen molar-refractivity contribution in [1.29, 1.82) is 0 Å². The lowest BCUT2D eigenvalue weighted by Gasteiger charge is -2.32. The van der Waals surface area contributed by atoms with Crippen LogP contribution in [-0.2, 0) is 0 Å². The van der Waals surface area contributed by atoms with Gasteiger partial charge in [0.2, 0.25) is 5.95 Å². The first-order valence-corrected chi connectivity index (χ1v) is 6.89. The average Bonchev–Trinajstić information content (AvgIpc) is 2.40. The predicted molar refractivity (Wildman–Crippen MR) is 77.4 cm³/mol. The molecule has 0 bridgehead atoms. The molecule has 2 aliphatic heterocycles. The van der Waals surface area contributed by atoms with E-state index in [9.17, 15) is 0 Å². The van der Waals surface area contributed by atoms with Crippen LogP contribution in [0.25, 0.3) is 6.08 Å². The first-order chi connectivity index (χ1) is 8.79. The average molecular weight is 308 g/mol. The first kappa shape index (κ1) is 11.6. The lowest BCUT2D eigenvalue weighted by Crippen LogP contribution is -2.38. The van der Waals surface area contributed by atoms with Gasteiger partial charge in [-0.15, -0.1) is 0 Å². The van der Waals surface area contributed by atoms with Crippen molar-refractivity contribution in [3.05, 3.63) is 16.2 Å². The minimum Gasteiger partial charge on any atom is -0.354 e. The Bertz CT molecular complexity index is 537. The van der Waals surface area contributed by atoms with Crippen LogP contribution in [0.1, 0.15) is 18.9 Å². The number of halogens is 1. The molecule has 0 spiro atoms. The van der Waals surface area contributed by atoms with Gasteiger partial charge in [-0.05, 0) is 35.4 Å². The fraction of sp³-hybridized carbons (Fsp3) is 0.417. The number of hydrogen-bond donors (Lipinski definition) is 1. The first-order valence-electron chi connectivity index (χ1n) is 6.10. The molecule has 0 saturated carbocycles. The van der Waals surface area contributed by atoms with E-state index in [1.54, 1.807) is 0 Å². The topological polar surface area (TPSA) is 53.4 Å². The minimum absolute atomic E-state index is 0.674. The number of hydrogen-bond acceptors (Lipinski definition) is 5. The molecule has 0 fully saturated rings. The molecule has 2 aliphatic rings. The van der Waals surface area contributed by atoms with Crippen LogP contribution >= 0.6 is 15.9 Å². The number of anilines is 2. The zero-order valence-electron chi connectivity index (χ0n) is 10.1. The van der Waals surface area contributed by atoms with Crippen LogP contribution in [0.2, 0.25) is 0 Å². The molecule has 6 heteroatoms. The van der Waals surface area contributed by atoms with E-state index in [0.29, 0.717) is 5.95 Å². The van der Waals surface area contributed by atoms with Crippen molar-refractivity contribution in [2.75, 3.05) is 29.9 Å². The third kappa shape index (κ3) is 1.90. The van der Waals surface area contributed by atoms with Crippen LogP contribution in [0.15, 0.2) is 15.7 Å². The van der Waals surface area contributed by atoms with E-state index < -0.39 is 0 Å². The van der Waals surface area contributed by atoms with Crippen molar-refractivity contribution < 1.29 is 0 Å². The second-order valence-electron chi connectivity index (χ2n) is 4.21. The highest BCUT2D eigenvalue weighted by atomic mass is 79.9. The minimum atomic E-state index is 0.674. The fourth-order valence-electron chi connectivity index (χ4n) is 2.16. The Morgan fingerprint density at radius 3 is 3.22 bits per heavy atom. The molecule has 0 aliphatic carbocycles. The molecular formula is C12H14BrN5. The predicted octanol–water partition coefficient (Wildman–Crippen LogP) is 2.27. The van der Waals surface area contributed by atoms with E-state index >= 15 is 0 Å². The molecule has 94 valence electrons. The lowest BCUT2D eigenvalue weighted by molar-refractivity contribution is 0.781. The molecule has 3 rings (SSSR count). The molecule has 0 unspecified atom stereocenters.